The Morgan fingerprint density at radius 3 is 3.05 bits per heavy atom. The molecule has 0 spiro atoms. The number of nitriles is 1. The highest BCUT2D eigenvalue weighted by atomic mass is 32.1. The van der Waals surface area contributed by atoms with Crippen molar-refractivity contribution in [2.24, 2.45) is 5.92 Å². The maximum absolute atomic E-state index is 12.1. The van der Waals surface area contributed by atoms with Gasteiger partial charge in [0.05, 0.1) is 12.6 Å². The summed E-state index contributed by atoms with van der Waals surface area (Å²) in [4.78, 5) is 15.7. The van der Waals surface area contributed by atoms with Gasteiger partial charge in [-0.2, -0.15) is 5.26 Å². The molecule has 0 aromatic carbocycles. The molecule has 0 aliphatic carbocycles. The molecule has 5 heteroatoms. The summed E-state index contributed by atoms with van der Waals surface area (Å²) in [5.41, 5.74) is 0.543. The molecule has 0 saturated heterocycles. The van der Waals surface area contributed by atoms with Crippen molar-refractivity contribution < 1.29 is 4.79 Å². The van der Waals surface area contributed by atoms with Crippen molar-refractivity contribution >= 4 is 17.2 Å². The standard InChI is InChI=1S/C15H21N3OS/c1-11(2)15(3,10-16)17-14(19)9-18-6-4-13-12(8-18)5-7-20-13/h5,7,11H,4,6,8-9H2,1-3H3,(H,17,19)/t15-/m0/s1. The number of carbonyl (C=O) groups is 1. The van der Waals surface area contributed by atoms with E-state index in [-0.39, 0.29) is 11.8 Å². The number of carbonyl (C=O) groups excluding carboxylic acids is 1. The number of rotatable bonds is 4. The van der Waals surface area contributed by atoms with Gasteiger partial charge in [0.25, 0.3) is 0 Å². The molecule has 1 amide bonds. The van der Waals surface area contributed by atoms with E-state index in [4.69, 9.17) is 0 Å². The topological polar surface area (TPSA) is 56.1 Å². The molecule has 0 saturated carbocycles. The fraction of sp³-hybridized carbons (Fsp3) is 0.600. The number of nitrogens with one attached hydrogen (secondary N) is 1. The van der Waals surface area contributed by atoms with Crippen molar-refractivity contribution in [1.29, 1.82) is 5.26 Å². The highest BCUT2D eigenvalue weighted by Gasteiger charge is 2.30. The number of hydrogen-bond donors (Lipinski definition) is 1. The zero-order chi connectivity index (χ0) is 14.8. The molecule has 0 radical (unpaired) electrons. The van der Waals surface area contributed by atoms with Crippen LogP contribution in [0.4, 0.5) is 0 Å². The van der Waals surface area contributed by atoms with E-state index in [1.165, 1.54) is 10.4 Å². The smallest absolute Gasteiger partial charge is 0.235 e. The van der Waals surface area contributed by atoms with Gasteiger partial charge in [-0.25, -0.2) is 0 Å². The first-order chi connectivity index (χ1) is 9.44. The van der Waals surface area contributed by atoms with E-state index < -0.39 is 5.54 Å². The van der Waals surface area contributed by atoms with E-state index >= 15 is 0 Å². The summed E-state index contributed by atoms with van der Waals surface area (Å²) in [6.45, 7) is 7.77. The van der Waals surface area contributed by atoms with Crippen LogP contribution in [0.3, 0.4) is 0 Å². The Kier molecular flexibility index (Phi) is 4.46. The van der Waals surface area contributed by atoms with Crippen molar-refractivity contribution in [3.05, 3.63) is 21.9 Å². The first-order valence-electron chi connectivity index (χ1n) is 6.94. The fourth-order valence-corrected chi connectivity index (χ4v) is 3.17. The van der Waals surface area contributed by atoms with Crippen LogP contribution in [-0.4, -0.2) is 29.4 Å². The van der Waals surface area contributed by atoms with Crippen molar-refractivity contribution in [3.8, 4) is 6.07 Å². The second kappa shape index (κ2) is 5.94. The molecule has 1 aliphatic rings. The normalized spacial score (nSPS) is 18.1. The van der Waals surface area contributed by atoms with Crippen LogP contribution in [0.2, 0.25) is 0 Å². The molecule has 1 aromatic rings. The molecule has 1 aliphatic heterocycles. The minimum absolute atomic E-state index is 0.0681. The molecule has 108 valence electrons. The van der Waals surface area contributed by atoms with Crippen LogP contribution in [0.15, 0.2) is 11.4 Å². The molecule has 2 heterocycles. The lowest BCUT2D eigenvalue weighted by molar-refractivity contribution is -0.124. The summed E-state index contributed by atoms with van der Waals surface area (Å²) >= 11 is 1.79. The van der Waals surface area contributed by atoms with Gasteiger partial charge in [-0.05, 0) is 36.3 Å². The average Bonchev–Trinajstić information content (AvgIpc) is 2.85. The lowest BCUT2D eigenvalue weighted by Gasteiger charge is -2.30. The second-order valence-corrected chi connectivity index (χ2v) is 6.85. The molecule has 1 atom stereocenters. The van der Waals surface area contributed by atoms with Crippen LogP contribution < -0.4 is 5.32 Å². The number of hydrogen-bond acceptors (Lipinski definition) is 4. The predicted octanol–water partition coefficient (Wildman–Crippen LogP) is 2.16. The number of amides is 1. The number of nitrogens with zero attached hydrogens (tertiary/aromatic N) is 2. The molecule has 0 fully saturated rings. The maximum atomic E-state index is 12.1. The van der Waals surface area contributed by atoms with E-state index in [1.807, 2.05) is 13.8 Å². The largest absolute Gasteiger partial charge is 0.337 e. The van der Waals surface area contributed by atoms with Crippen LogP contribution >= 0.6 is 11.3 Å². The summed E-state index contributed by atoms with van der Waals surface area (Å²) in [5.74, 6) is 0.0164. The lowest BCUT2D eigenvalue weighted by atomic mass is 9.90. The molecule has 1 aromatic heterocycles. The summed E-state index contributed by atoms with van der Waals surface area (Å²) in [6.07, 6.45) is 1.01. The van der Waals surface area contributed by atoms with Crippen molar-refractivity contribution in [3.63, 3.8) is 0 Å². The Labute approximate surface area is 124 Å². The van der Waals surface area contributed by atoms with Gasteiger partial charge in [0, 0.05) is 18.0 Å². The monoisotopic (exact) mass is 291 g/mol. The lowest BCUT2D eigenvalue weighted by Crippen LogP contribution is -2.52. The summed E-state index contributed by atoms with van der Waals surface area (Å²) in [7, 11) is 0. The van der Waals surface area contributed by atoms with Crippen molar-refractivity contribution in [2.45, 2.75) is 39.3 Å². The summed E-state index contributed by atoms with van der Waals surface area (Å²) in [5, 5.41) is 14.2. The van der Waals surface area contributed by atoms with E-state index in [9.17, 15) is 10.1 Å². The molecule has 20 heavy (non-hydrogen) atoms. The summed E-state index contributed by atoms with van der Waals surface area (Å²) < 4.78 is 0. The molecular weight excluding hydrogens is 270 g/mol. The zero-order valence-corrected chi connectivity index (χ0v) is 13.1. The Hall–Kier alpha value is -1.38. The molecular formula is C15H21N3OS. The molecule has 1 N–H and O–H groups in total. The number of fused-ring (bicyclic) bond motifs is 1. The van der Waals surface area contributed by atoms with Crippen LogP contribution in [-0.2, 0) is 17.8 Å². The Morgan fingerprint density at radius 2 is 2.40 bits per heavy atom. The summed E-state index contributed by atoms with van der Waals surface area (Å²) in [6, 6.07) is 4.35. The Morgan fingerprint density at radius 1 is 1.65 bits per heavy atom. The van der Waals surface area contributed by atoms with Crippen LogP contribution in [0.1, 0.15) is 31.2 Å². The first-order valence-corrected chi connectivity index (χ1v) is 7.82. The van der Waals surface area contributed by atoms with Gasteiger partial charge in [0.15, 0.2) is 0 Å². The first kappa shape index (κ1) is 15.0. The van der Waals surface area contributed by atoms with Gasteiger partial charge >= 0.3 is 0 Å². The van der Waals surface area contributed by atoms with Gasteiger partial charge in [0.2, 0.25) is 5.91 Å². The van der Waals surface area contributed by atoms with Gasteiger partial charge in [-0.15, -0.1) is 11.3 Å². The molecule has 4 nitrogen and oxygen atoms in total. The SMILES string of the molecule is CC(C)[C@](C)(C#N)NC(=O)CN1CCc2sccc2C1. The third kappa shape index (κ3) is 3.20. The van der Waals surface area contributed by atoms with E-state index in [0.29, 0.717) is 6.54 Å². The van der Waals surface area contributed by atoms with Gasteiger partial charge in [-0.3, -0.25) is 9.69 Å². The van der Waals surface area contributed by atoms with Crippen LogP contribution in [0, 0.1) is 17.2 Å². The second-order valence-electron chi connectivity index (χ2n) is 5.85. The third-order valence-corrected chi connectivity index (χ3v) is 5.06. The average molecular weight is 291 g/mol. The van der Waals surface area contributed by atoms with E-state index in [2.05, 4.69) is 27.7 Å². The van der Waals surface area contributed by atoms with Gasteiger partial charge in [0.1, 0.15) is 5.54 Å². The zero-order valence-electron chi connectivity index (χ0n) is 12.3. The van der Waals surface area contributed by atoms with Crippen molar-refractivity contribution in [2.75, 3.05) is 13.1 Å². The fourth-order valence-electron chi connectivity index (χ4n) is 2.28. The Balaban J connectivity index is 1.92. The van der Waals surface area contributed by atoms with E-state index in [1.54, 1.807) is 18.3 Å². The highest BCUT2D eigenvalue weighted by Crippen LogP contribution is 2.23. The number of thiophene rings is 1. The third-order valence-electron chi connectivity index (χ3n) is 4.04. The van der Waals surface area contributed by atoms with Crippen LogP contribution in [0.25, 0.3) is 0 Å². The van der Waals surface area contributed by atoms with Crippen molar-refractivity contribution in [1.82, 2.24) is 10.2 Å². The maximum Gasteiger partial charge on any atom is 0.235 e. The molecule has 0 unspecified atom stereocenters. The Bertz CT molecular complexity index is 531. The predicted molar refractivity (Wildman–Crippen MR) is 80.3 cm³/mol. The molecule has 2 rings (SSSR count). The quantitative estimate of drug-likeness (QED) is 0.925. The minimum atomic E-state index is -0.791. The molecule has 0 bridgehead atoms. The minimum Gasteiger partial charge on any atom is -0.337 e. The van der Waals surface area contributed by atoms with Gasteiger partial charge < -0.3 is 5.32 Å². The van der Waals surface area contributed by atoms with Crippen LogP contribution in [0.5, 0.6) is 0 Å². The van der Waals surface area contributed by atoms with E-state index in [0.717, 1.165) is 19.5 Å². The van der Waals surface area contributed by atoms with Gasteiger partial charge in [-0.1, -0.05) is 13.8 Å². The highest BCUT2D eigenvalue weighted by molar-refractivity contribution is 7.10.